The molecule has 4 rings (SSSR count). The lowest BCUT2D eigenvalue weighted by atomic mass is 10.3. The molecule has 1 N–H and O–H groups in total. The number of rotatable bonds is 5. The summed E-state index contributed by atoms with van der Waals surface area (Å²) in [6.45, 7) is 2.55. The van der Waals surface area contributed by atoms with Crippen LogP contribution >= 0.6 is 11.3 Å². The van der Waals surface area contributed by atoms with Gasteiger partial charge in [-0.15, -0.1) is 11.3 Å². The van der Waals surface area contributed by atoms with E-state index in [9.17, 15) is 0 Å². The number of fused-ring (bicyclic) bond motifs is 1. The topological polar surface area (TPSA) is 60.2 Å². The number of hydrogen-bond acceptors (Lipinski definition) is 6. The van der Waals surface area contributed by atoms with Crippen molar-refractivity contribution in [1.82, 2.24) is 9.97 Å². The smallest absolute Gasteiger partial charge is 0.216 e. The number of furan rings is 1. The summed E-state index contributed by atoms with van der Waals surface area (Å²) in [4.78, 5) is 8.89. The number of benzene rings is 1. The number of nitrogens with zero attached hydrogens (tertiary/aromatic N) is 2. The monoisotopic (exact) mass is 351 g/mol. The first-order chi connectivity index (χ1) is 12.2. The van der Waals surface area contributed by atoms with Gasteiger partial charge in [0.15, 0.2) is 10.8 Å². The molecule has 0 aliphatic heterocycles. The number of hydrogen-bond donors (Lipinski definition) is 1. The van der Waals surface area contributed by atoms with E-state index in [1.54, 1.807) is 24.6 Å². The minimum Gasteiger partial charge on any atom is -0.481 e. The van der Waals surface area contributed by atoms with Crippen molar-refractivity contribution in [2.24, 2.45) is 0 Å². The van der Waals surface area contributed by atoms with Crippen LogP contribution in [-0.2, 0) is 6.54 Å². The van der Waals surface area contributed by atoms with Crippen LogP contribution in [0.1, 0.15) is 11.3 Å². The van der Waals surface area contributed by atoms with Crippen molar-refractivity contribution < 1.29 is 9.15 Å². The van der Waals surface area contributed by atoms with Gasteiger partial charge in [0.1, 0.15) is 5.76 Å². The number of pyridine rings is 1. The molecule has 0 saturated carbocycles. The van der Waals surface area contributed by atoms with E-state index in [1.807, 2.05) is 43.3 Å². The van der Waals surface area contributed by atoms with Crippen LogP contribution in [0.2, 0.25) is 0 Å². The summed E-state index contributed by atoms with van der Waals surface area (Å²) in [5, 5.41) is 4.21. The number of aryl methyl sites for hydroxylation is 1. The first-order valence-corrected chi connectivity index (χ1v) is 8.74. The molecule has 0 radical (unpaired) electrons. The molecule has 126 valence electrons. The summed E-state index contributed by atoms with van der Waals surface area (Å²) in [5.41, 5.74) is 2.91. The van der Waals surface area contributed by atoms with Crippen LogP contribution in [0.25, 0.3) is 21.0 Å². The molecular weight excluding hydrogens is 334 g/mol. The zero-order valence-electron chi connectivity index (χ0n) is 13.9. The van der Waals surface area contributed by atoms with Crippen LogP contribution in [0.5, 0.6) is 5.88 Å². The number of nitrogens with one attached hydrogen (secondary N) is 1. The van der Waals surface area contributed by atoms with Crippen molar-refractivity contribution >= 4 is 27.2 Å². The lowest BCUT2D eigenvalue weighted by Crippen LogP contribution is -2.00. The van der Waals surface area contributed by atoms with Crippen LogP contribution in [0.4, 0.5) is 5.69 Å². The molecule has 25 heavy (non-hydrogen) atoms. The molecule has 0 atom stereocenters. The molecule has 0 amide bonds. The van der Waals surface area contributed by atoms with Crippen LogP contribution in [0.3, 0.4) is 0 Å². The second-order valence-electron chi connectivity index (χ2n) is 5.66. The molecule has 0 bridgehead atoms. The number of anilines is 1. The Morgan fingerprint density at radius 1 is 1.20 bits per heavy atom. The van der Waals surface area contributed by atoms with Gasteiger partial charge < -0.3 is 14.5 Å². The maximum atomic E-state index is 5.94. The van der Waals surface area contributed by atoms with Crippen LogP contribution < -0.4 is 10.1 Å². The van der Waals surface area contributed by atoms with Gasteiger partial charge in [0, 0.05) is 5.56 Å². The Bertz CT molecular complexity index is 989. The summed E-state index contributed by atoms with van der Waals surface area (Å²) in [7, 11) is 1.62. The highest BCUT2D eigenvalue weighted by molar-refractivity contribution is 7.21. The van der Waals surface area contributed by atoms with Gasteiger partial charge in [0.25, 0.3) is 0 Å². The molecule has 0 aliphatic carbocycles. The van der Waals surface area contributed by atoms with Crippen LogP contribution in [0, 0.1) is 6.92 Å². The first kappa shape index (κ1) is 15.7. The molecular formula is C19H17N3O2S. The lowest BCUT2D eigenvalue weighted by Gasteiger charge is -2.07. The SMILES string of the molecule is COc1ncc(NCc2ccc(-c3nc4ccccc4s3)o2)cc1C. The maximum Gasteiger partial charge on any atom is 0.216 e. The number of methoxy groups -OCH3 is 1. The van der Waals surface area contributed by atoms with Gasteiger partial charge in [-0.1, -0.05) is 12.1 Å². The van der Waals surface area contributed by atoms with Crippen molar-refractivity contribution in [2.75, 3.05) is 12.4 Å². The molecule has 1 aromatic carbocycles. The highest BCUT2D eigenvalue weighted by Gasteiger charge is 2.10. The second-order valence-corrected chi connectivity index (χ2v) is 6.69. The van der Waals surface area contributed by atoms with Gasteiger partial charge >= 0.3 is 0 Å². The van der Waals surface area contributed by atoms with Crippen LogP contribution in [0.15, 0.2) is 53.1 Å². The predicted molar refractivity (Wildman–Crippen MR) is 100 cm³/mol. The molecule has 0 unspecified atom stereocenters. The Labute approximate surface area is 149 Å². The second kappa shape index (κ2) is 6.57. The average molecular weight is 351 g/mol. The Balaban J connectivity index is 1.48. The first-order valence-electron chi connectivity index (χ1n) is 7.92. The molecule has 4 aromatic rings. The van der Waals surface area contributed by atoms with E-state index in [4.69, 9.17) is 9.15 Å². The van der Waals surface area contributed by atoms with Gasteiger partial charge in [-0.2, -0.15) is 0 Å². The normalized spacial score (nSPS) is 11.0. The van der Waals surface area contributed by atoms with Crippen molar-refractivity contribution in [1.29, 1.82) is 0 Å². The summed E-state index contributed by atoms with van der Waals surface area (Å²) in [6, 6.07) is 14.0. The standard InChI is InChI=1S/C19H17N3O2S/c1-12-9-13(10-21-18(12)23-2)20-11-14-7-8-16(24-14)19-22-15-5-3-4-6-17(15)25-19/h3-10,20H,11H2,1-2H3. The summed E-state index contributed by atoms with van der Waals surface area (Å²) in [6.07, 6.45) is 1.75. The third kappa shape index (κ3) is 3.21. The van der Waals surface area contributed by atoms with Gasteiger partial charge in [-0.3, -0.25) is 0 Å². The van der Waals surface area contributed by atoms with E-state index in [0.717, 1.165) is 38.0 Å². The molecule has 0 fully saturated rings. The Hall–Kier alpha value is -2.86. The van der Waals surface area contributed by atoms with Gasteiger partial charge in [0.05, 0.1) is 35.8 Å². The van der Waals surface area contributed by atoms with Gasteiger partial charge in [0.2, 0.25) is 5.88 Å². The molecule has 0 saturated heterocycles. The Kier molecular flexibility index (Phi) is 4.11. The number of aromatic nitrogens is 2. The number of thiazole rings is 1. The molecule has 3 aromatic heterocycles. The molecule has 5 nitrogen and oxygen atoms in total. The predicted octanol–water partition coefficient (Wildman–Crippen LogP) is 4.88. The highest BCUT2D eigenvalue weighted by Crippen LogP contribution is 2.31. The molecule has 6 heteroatoms. The molecule has 0 aliphatic rings. The summed E-state index contributed by atoms with van der Waals surface area (Å²) in [5.74, 6) is 2.28. The summed E-state index contributed by atoms with van der Waals surface area (Å²) >= 11 is 1.64. The van der Waals surface area contributed by atoms with E-state index < -0.39 is 0 Å². The van der Waals surface area contributed by atoms with Crippen LogP contribution in [-0.4, -0.2) is 17.1 Å². The van der Waals surface area contributed by atoms with Crippen molar-refractivity contribution in [2.45, 2.75) is 13.5 Å². The summed E-state index contributed by atoms with van der Waals surface area (Å²) < 4.78 is 12.3. The van der Waals surface area contributed by atoms with E-state index in [-0.39, 0.29) is 0 Å². The zero-order chi connectivity index (χ0) is 17.2. The van der Waals surface area contributed by atoms with E-state index in [2.05, 4.69) is 21.4 Å². The fourth-order valence-electron chi connectivity index (χ4n) is 2.63. The maximum absolute atomic E-state index is 5.94. The lowest BCUT2D eigenvalue weighted by molar-refractivity contribution is 0.394. The van der Waals surface area contributed by atoms with Crippen molar-refractivity contribution in [3.63, 3.8) is 0 Å². The van der Waals surface area contributed by atoms with Crippen molar-refractivity contribution in [3.05, 3.63) is 60.0 Å². The minimum atomic E-state index is 0.582. The third-order valence-electron chi connectivity index (χ3n) is 3.86. The van der Waals surface area contributed by atoms with E-state index in [1.165, 1.54) is 0 Å². The Morgan fingerprint density at radius 2 is 2.08 bits per heavy atom. The zero-order valence-corrected chi connectivity index (χ0v) is 14.8. The fraction of sp³-hybridized carbons (Fsp3) is 0.158. The average Bonchev–Trinajstić information content (AvgIpc) is 3.26. The third-order valence-corrected chi connectivity index (χ3v) is 4.91. The van der Waals surface area contributed by atoms with E-state index in [0.29, 0.717) is 12.4 Å². The fourth-order valence-corrected chi connectivity index (χ4v) is 3.55. The Morgan fingerprint density at radius 3 is 2.88 bits per heavy atom. The molecule has 0 spiro atoms. The van der Waals surface area contributed by atoms with E-state index >= 15 is 0 Å². The van der Waals surface area contributed by atoms with Gasteiger partial charge in [-0.05, 0) is 37.3 Å². The quantitative estimate of drug-likeness (QED) is 0.555. The van der Waals surface area contributed by atoms with Gasteiger partial charge in [-0.25, -0.2) is 9.97 Å². The minimum absolute atomic E-state index is 0.582. The molecule has 3 heterocycles. The highest BCUT2D eigenvalue weighted by atomic mass is 32.1. The largest absolute Gasteiger partial charge is 0.481 e. The number of ether oxygens (including phenoxy) is 1. The number of para-hydroxylation sites is 1. The van der Waals surface area contributed by atoms with Crippen molar-refractivity contribution in [3.8, 4) is 16.6 Å².